The van der Waals surface area contributed by atoms with Crippen molar-refractivity contribution >= 4 is 23.1 Å². The number of carbonyl (C=O) groups excluding carboxylic acids is 1. The molecule has 0 saturated heterocycles. The van der Waals surface area contributed by atoms with E-state index in [4.69, 9.17) is 0 Å². The third kappa shape index (κ3) is 2.52. The standard InChI is InChI=1S/C19H16N4O3S/c24-13-4-3-10(7-14(13)25)18-17-12(22-19-20-9-21-23(18)19)6-11(8-15(17)26)16-2-1-5-27-16/h1-5,7,9,11,18,24-25H,6,8H2,(H,20,21,22)/t11-,18-/m1/s1. The Morgan fingerprint density at radius 1 is 1.19 bits per heavy atom. The van der Waals surface area contributed by atoms with Crippen molar-refractivity contribution in [3.63, 3.8) is 0 Å². The fraction of sp³-hybridized carbons (Fsp3) is 0.211. The summed E-state index contributed by atoms with van der Waals surface area (Å²) in [5.74, 6) is 0.335. The number of phenolic OH excluding ortho intramolecular Hbond substituents is 2. The predicted octanol–water partition coefficient (Wildman–Crippen LogP) is 3.17. The lowest BCUT2D eigenvalue weighted by Crippen LogP contribution is -2.33. The van der Waals surface area contributed by atoms with Crippen LogP contribution < -0.4 is 5.32 Å². The molecule has 1 aromatic carbocycles. The molecule has 1 aliphatic heterocycles. The van der Waals surface area contributed by atoms with E-state index in [0.717, 1.165) is 12.1 Å². The summed E-state index contributed by atoms with van der Waals surface area (Å²) in [4.78, 5) is 18.6. The first-order valence-electron chi connectivity index (χ1n) is 8.60. The van der Waals surface area contributed by atoms with Gasteiger partial charge in [-0.15, -0.1) is 11.3 Å². The smallest absolute Gasteiger partial charge is 0.226 e. The lowest BCUT2D eigenvalue weighted by Gasteiger charge is -2.34. The second kappa shape index (κ2) is 5.95. The van der Waals surface area contributed by atoms with Crippen molar-refractivity contribution in [1.82, 2.24) is 14.8 Å². The van der Waals surface area contributed by atoms with E-state index in [9.17, 15) is 15.0 Å². The van der Waals surface area contributed by atoms with E-state index in [2.05, 4.69) is 21.5 Å². The van der Waals surface area contributed by atoms with Gasteiger partial charge in [0.2, 0.25) is 5.95 Å². The van der Waals surface area contributed by atoms with Crippen LogP contribution in [0.5, 0.6) is 11.5 Å². The highest BCUT2D eigenvalue weighted by molar-refractivity contribution is 7.10. The summed E-state index contributed by atoms with van der Waals surface area (Å²) in [6.07, 6.45) is 2.59. The second-order valence-electron chi connectivity index (χ2n) is 6.74. The lowest BCUT2D eigenvalue weighted by molar-refractivity contribution is -0.116. The van der Waals surface area contributed by atoms with E-state index in [1.165, 1.54) is 23.3 Å². The molecule has 27 heavy (non-hydrogen) atoms. The number of phenols is 2. The third-order valence-corrected chi connectivity index (χ3v) is 6.16. The topological polar surface area (TPSA) is 100 Å². The molecule has 8 heteroatoms. The van der Waals surface area contributed by atoms with Crippen molar-refractivity contribution in [2.45, 2.75) is 24.8 Å². The molecule has 3 N–H and O–H groups in total. The van der Waals surface area contributed by atoms with Gasteiger partial charge in [-0.25, -0.2) is 4.68 Å². The number of aromatic hydroxyl groups is 2. The molecule has 136 valence electrons. The minimum absolute atomic E-state index is 0.0564. The fourth-order valence-corrected chi connectivity index (χ4v) is 4.73. The van der Waals surface area contributed by atoms with Crippen LogP contribution in [0.25, 0.3) is 0 Å². The molecule has 2 aromatic heterocycles. The molecule has 1 aliphatic carbocycles. The van der Waals surface area contributed by atoms with Gasteiger partial charge in [0.25, 0.3) is 0 Å². The minimum Gasteiger partial charge on any atom is -0.504 e. The van der Waals surface area contributed by atoms with Crippen LogP contribution in [0.15, 0.2) is 53.3 Å². The van der Waals surface area contributed by atoms with Gasteiger partial charge in [-0.3, -0.25) is 4.79 Å². The summed E-state index contributed by atoms with van der Waals surface area (Å²) in [5.41, 5.74) is 2.17. The highest BCUT2D eigenvalue weighted by atomic mass is 32.1. The maximum atomic E-state index is 13.1. The second-order valence-corrected chi connectivity index (χ2v) is 7.72. The Bertz CT molecular complexity index is 1070. The van der Waals surface area contributed by atoms with Gasteiger partial charge < -0.3 is 15.5 Å². The molecular formula is C19H16N4O3S. The van der Waals surface area contributed by atoms with Gasteiger partial charge in [0.05, 0.1) is 0 Å². The molecule has 3 aromatic rings. The summed E-state index contributed by atoms with van der Waals surface area (Å²) in [6, 6.07) is 8.17. The minimum atomic E-state index is -0.484. The van der Waals surface area contributed by atoms with Crippen molar-refractivity contribution in [2.24, 2.45) is 0 Å². The van der Waals surface area contributed by atoms with E-state index in [1.54, 1.807) is 22.1 Å². The number of allylic oxidation sites excluding steroid dienone is 2. The first-order valence-corrected chi connectivity index (χ1v) is 9.48. The number of fused-ring (bicyclic) bond motifs is 1. The van der Waals surface area contributed by atoms with Crippen molar-refractivity contribution in [2.75, 3.05) is 5.32 Å². The monoisotopic (exact) mass is 380 g/mol. The van der Waals surface area contributed by atoms with Gasteiger partial charge in [-0.05, 0) is 35.6 Å². The van der Waals surface area contributed by atoms with Crippen molar-refractivity contribution in [3.8, 4) is 11.5 Å². The van der Waals surface area contributed by atoms with Gasteiger partial charge in [-0.2, -0.15) is 10.1 Å². The number of thiophene rings is 1. The summed E-state index contributed by atoms with van der Waals surface area (Å²) < 4.78 is 1.65. The molecule has 0 spiro atoms. The van der Waals surface area contributed by atoms with E-state index >= 15 is 0 Å². The van der Waals surface area contributed by atoms with E-state index in [0.29, 0.717) is 23.5 Å². The van der Waals surface area contributed by atoms with E-state index < -0.39 is 6.04 Å². The number of anilines is 1. The van der Waals surface area contributed by atoms with Crippen LogP contribution in [0.3, 0.4) is 0 Å². The van der Waals surface area contributed by atoms with Crippen LogP contribution in [0.1, 0.15) is 35.2 Å². The van der Waals surface area contributed by atoms with Gasteiger partial charge in [0, 0.05) is 28.5 Å². The molecule has 2 atom stereocenters. The van der Waals surface area contributed by atoms with Crippen molar-refractivity contribution < 1.29 is 15.0 Å². The number of rotatable bonds is 2. The van der Waals surface area contributed by atoms with E-state index in [-0.39, 0.29) is 23.2 Å². The molecule has 5 rings (SSSR count). The Hall–Kier alpha value is -3.13. The molecule has 7 nitrogen and oxygen atoms in total. The molecule has 3 heterocycles. The van der Waals surface area contributed by atoms with Crippen LogP contribution in [0.2, 0.25) is 0 Å². The Kier molecular flexibility index (Phi) is 3.54. The molecule has 0 fully saturated rings. The number of carbonyl (C=O) groups is 1. The molecule has 0 unspecified atom stereocenters. The predicted molar refractivity (Wildman–Crippen MR) is 99.9 cm³/mol. The summed E-state index contributed by atoms with van der Waals surface area (Å²) in [6.45, 7) is 0. The third-order valence-electron chi connectivity index (χ3n) is 5.12. The number of Topliss-reactive ketones (excluding diaryl/α,β-unsaturated/α-hetero) is 1. The zero-order valence-electron chi connectivity index (χ0n) is 14.2. The number of nitrogens with zero attached hydrogens (tertiary/aromatic N) is 3. The number of hydrogen-bond donors (Lipinski definition) is 3. The largest absolute Gasteiger partial charge is 0.504 e. The van der Waals surface area contributed by atoms with Crippen molar-refractivity contribution in [1.29, 1.82) is 0 Å². The number of benzene rings is 1. The summed E-state index contributed by atoms with van der Waals surface area (Å²) in [5, 5.41) is 29.2. The van der Waals surface area contributed by atoms with Crippen molar-refractivity contribution in [3.05, 3.63) is 63.7 Å². The normalized spacial score (nSPS) is 21.6. The maximum absolute atomic E-state index is 13.1. The van der Waals surface area contributed by atoms with Gasteiger partial charge in [0.1, 0.15) is 12.4 Å². The Labute approximate surface area is 158 Å². The molecule has 2 aliphatic rings. The summed E-state index contributed by atoms with van der Waals surface area (Å²) in [7, 11) is 0. The zero-order chi connectivity index (χ0) is 18.5. The van der Waals surface area contributed by atoms with Gasteiger partial charge in [-0.1, -0.05) is 12.1 Å². The van der Waals surface area contributed by atoms with Crippen LogP contribution in [-0.2, 0) is 4.79 Å². The first kappa shape index (κ1) is 16.1. The highest BCUT2D eigenvalue weighted by Gasteiger charge is 2.39. The molecule has 0 bridgehead atoms. The Morgan fingerprint density at radius 2 is 2.07 bits per heavy atom. The van der Waals surface area contributed by atoms with Crippen LogP contribution in [0.4, 0.5) is 5.95 Å². The quantitative estimate of drug-likeness (QED) is 0.591. The summed E-state index contributed by atoms with van der Waals surface area (Å²) >= 11 is 1.66. The first-order chi connectivity index (χ1) is 13.1. The average Bonchev–Trinajstić information content (AvgIpc) is 3.33. The number of hydrogen-bond acceptors (Lipinski definition) is 7. The number of nitrogens with one attached hydrogen (secondary N) is 1. The lowest BCUT2D eigenvalue weighted by atomic mass is 9.80. The Balaban J connectivity index is 1.63. The molecule has 0 saturated carbocycles. The van der Waals surface area contributed by atoms with Crippen LogP contribution in [-0.4, -0.2) is 30.8 Å². The molecular weight excluding hydrogens is 364 g/mol. The van der Waals surface area contributed by atoms with Crippen LogP contribution in [0, 0.1) is 0 Å². The average molecular weight is 380 g/mol. The molecule has 0 radical (unpaired) electrons. The zero-order valence-corrected chi connectivity index (χ0v) is 15.0. The SMILES string of the molecule is O=C1C[C@H](c2cccs2)CC2=C1[C@@H](c1ccc(O)c(O)c1)n1ncnc1N2. The van der Waals surface area contributed by atoms with Gasteiger partial charge in [0.15, 0.2) is 17.3 Å². The fourth-order valence-electron chi connectivity index (χ4n) is 3.90. The Morgan fingerprint density at radius 3 is 2.85 bits per heavy atom. The molecule has 0 amide bonds. The highest BCUT2D eigenvalue weighted by Crippen LogP contribution is 2.45. The van der Waals surface area contributed by atoms with Crippen LogP contribution >= 0.6 is 11.3 Å². The van der Waals surface area contributed by atoms with E-state index in [1.807, 2.05) is 11.4 Å². The number of aromatic nitrogens is 3. The maximum Gasteiger partial charge on any atom is 0.226 e. The van der Waals surface area contributed by atoms with Gasteiger partial charge >= 0.3 is 0 Å². The number of ketones is 1.